The Morgan fingerprint density at radius 2 is 2.15 bits per heavy atom. The van der Waals surface area contributed by atoms with Gasteiger partial charge in [-0.25, -0.2) is 0 Å². The summed E-state index contributed by atoms with van der Waals surface area (Å²) in [4.78, 5) is 14.5. The standard InChI is InChI=1S/C15H18BrCl2NO/c16-7-1-3-12-4-2-8-19(12)15(20)10-11-5-6-13(17)14(18)9-11/h5-6,9,12H,1-4,7-8,10H2. The van der Waals surface area contributed by atoms with Gasteiger partial charge in [0.05, 0.1) is 16.5 Å². The van der Waals surface area contributed by atoms with Crippen LogP contribution in [0.5, 0.6) is 0 Å². The molecule has 0 aromatic heterocycles. The molecular weight excluding hydrogens is 361 g/mol. The monoisotopic (exact) mass is 377 g/mol. The van der Waals surface area contributed by atoms with Crippen LogP contribution in [0.4, 0.5) is 0 Å². The zero-order valence-corrected chi connectivity index (χ0v) is 14.3. The van der Waals surface area contributed by atoms with Crippen LogP contribution < -0.4 is 0 Å². The normalized spacial score (nSPS) is 18.6. The minimum absolute atomic E-state index is 0.195. The molecule has 0 saturated carbocycles. The summed E-state index contributed by atoms with van der Waals surface area (Å²) in [6, 6.07) is 5.81. The van der Waals surface area contributed by atoms with Gasteiger partial charge in [0.1, 0.15) is 0 Å². The number of amides is 1. The van der Waals surface area contributed by atoms with Crippen LogP contribution >= 0.6 is 39.1 Å². The molecule has 1 aliphatic heterocycles. The SMILES string of the molecule is O=C(Cc1ccc(Cl)c(Cl)c1)N1CCCC1CCCBr. The lowest BCUT2D eigenvalue weighted by atomic mass is 10.1. The smallest absolute Gasteiger partial charge is 0.227 e. The Morgan fingerprint density at radius 3 is 2.85 bits per heavy atom. The Kier molecular flexibility index (Phi) is 6.19. The first-order valence-corrected chi connectivity index (χ1v) is 8.79. The number of rotatable bonds is 5. The number of halogens is 3. The second-order valence-corrected chi connectivity index (χ2v) is 6.75. The Labute approximate surface area is 138 Å². The van der Waals surface area contributed by atoms with Crippen LogP contribution in [-0.2, 0) is 11.2 Å². The van der Waals surface area contributed by atoms with Crippen LogP contribution in [0.2, 0.25) is 10.0 Å². The first-order valence-electron chi connectivity index (χ1n) is 6.91. The molecule has 1 aliphatic rings. The van der Waals surface area contributed by atoms with Crippen molar-refractivity contribution in [1.29, 1.82) is 0 Å². The van der Waals surface area contributed by atoms with Crippen molar-refractivity contribution in [3.63, 3.8) is 0 Å². The van der Waals surface area contributed by atoms with Gasteiger partial charge in [0, 0.05) is 17.9 Å². The van der Waals surface area contributed by atoms with Gasteiger partial charge in [-0.2, -0.15) is 0 Å². The molecule has 0 aliphatic carbocycles. The van der Waals surface area contributed by atoms with E-state index >= 15 is 0 Å². The van der Waals surface area contributed by atoms with Crippen molar-refractivity contribution in [3.8, 4) is 0 Å². The van der Waals surface area contributed by atoms with Crippen molar-refractivity contribution >= 4 is 45.0 Å². The average molecular weight is 379 g/mol. The fourth-order valence-corrected chi connectivity index (χ4v) is 3.35. The van der Waals surface area contributed by atoms with Crippen LogP contribution in [0.15, 0.2) is 18.2 Å². The number of alkyl halides is 1. The van der Waals surface area contributed by atoms with E-state index in [-0.39, 0.29) is 5.91 Å². The van der Waals surface area contributed by atoms with E-state index in [1.807, 2.05) is 11.0 Å². The first-order chi connectivity index (χ1) is 9.61. The highest BCUT2D eigenvalue weighted by Gasteiger charge is 2.27. The molecule has 2 rings (SSSR count). The van der Waals surface area contributed by atoms with E-state index in [9.17, 15) is 4.79 Å². The van der Waals surface area contributed by atoms with E-state index in [2.05, 4.69) is 15.9 Å². The van der Waals surface area contributed by atoms with Crippen LogP contribution in [0.25, 0.3) is 0 Å². The molecule has 1 unspecified atom stereocenters. The number of hydrogen-bond acceptors (Lipinski definition) is 1. The molecule has 1 aromatic carbocycles. The van der Waals surface area contributed by atoms with Crippen LogP contribution in [0, 0.1) is 0 Å². The molecule has 1 aromatic rings. The lowest BCUT2D eigenvalue weighted by molar-refractivity contribution is -0.131. The predicted octanol–water partition coefficient (Wildman–Crippen LogP) is 4.70. The summed E-state index contributed by atoms with van der Waals surface area (Å²) in [6.45, 7) is 0.882. The molecule has 0 N–H and O–H groups in total. The third-order valence-corrected chi connectivity index (χ3v) is 5.01. The van der Waals surface area contributed by atoms with Gasteiger partial charge in [-0.05, 0) is 43.4 Å². The largest absolute Gasteiger partial charge is 0.339 e. The topological polar surface area (TPSA) is 20.3 Å². The lowest BCUT2D eigenvalue weighted by Gasteiger charge is -2.24. The van der Waals surface area contributed by atoms with Crippen molar-refractivity contribution in [2.45, 2.75) is 38.1 Å². The van der Waals surface area contributed by atoms with Crippen molar-refractivity contribution in [2.24, 2.45) is 0 Å². The number of likely N-dealkylation sites (tertiary alicyclic amines) is 1. The number of carbonyl (C=O) groups excluding carboxylic acids is 1. The third-order valence-electron chi connectivity index (χ3n) is 3.71. The Bertz CT molecular complexity index is 481. The molecule has 0 radical (unpaired) electrons. The van der Waals surface area contributed by atoms with Gasteiger partial charge in [-0.1, -0.05) is 45.2 Å². The lowest BCUT2D eigenvalue weighted by Crippen LogP contribution is -2.36. The van der Waals surface area contributed by atoms with Gasteiger partial charge >= 0.3 is 0 Å². The van der Waals surface area contributed by atoms with Gasteiger partial charge < -0.3 is 4.90 Å². The van der Waals surface area contributed by atoms with E-state index in [0.29, 0.717) is 22.5 Å². The summed E-state index contributed by atoms with van der Waals surface area (Å²) < 4.78 is 0. The molecule has 1 heterocycles. The van der Waals surface area contributed by atoms with Crippen LogP contribution in [-0.4, -0.2) is 28.7 Å². The number of nitrogens with zero attached hydrogens (tertiary/aromatic N) is 1. The highest BCUT2D eigenvalue weighted by atomic mass is 79.9. The fraction of sp³-hybridized carbons (Fsp3) is 0.533. The Morgan fingerprint density at radius 1 is 1.35 bits per heavy atom. The van der Waals surface area contributed by atoms with Gasteiger partial charge in [0.15, 0.2) is 0 Å². The minimum Gasteiger partial charge on any atom is -0.339 e. The average Bonchev–Trinajstić information content (AvgIpc) is 2.89. The summed E-state index contributed by atoms with van der Waals surface area (Å²) in [5.41, 5.74) is 0.926. The number of benzene rings is 1. The van der Waals surface area contributed by atoms with E-state index in [4.69, 9.17) is 23.2 Å². The van der Waals surface area contributed by atoms with Gasteiger partial charge in [0.2, 0.25) is 5.91 Å². The molecular formula is C15H18BrCl2NO. The maximum absolute atomic E-state index is 12.4. The predicted molar refractivity (Wildman–Crippen MR) is 87.9 cm³/mol. The van der Waals surface area contributed by atoms with Crippen molar-refractivity contribution in [1.82, 2.24) is 4.90 Å². The third kappa shape index (κ3) is 4.12. The second kappa shape index (κ2) is 7.67. The summed E-state index contributed by atoms with van der Waals surface area (Å²) in [5, 5.41) is 2.03. The molecule has 1 fully saturated rings. The molecule has 1 amide bonds. The quantitative estimate of drug-likeness (QED) is 0.680. The summed E-state index contributed by atoms with van der Waals surface area (Å²) in [5.74, 6) is 0.195. The van der Waals surface area contributed by atoms with Crippen molar-refractivity contribution in [3.05, 3.63) is 33.8 Å². The van der Waals surface area contributed by atoms with Gasteiger partial charge in [-0.3, -0.25) is 4.79 Å². The zero-order valence-electron chi connectivity index (χ0n) is 11.2. The molecule has 1 atom stereocenters. The van der Waals surface area contributed by atoms with Crippen molar-refractivity contribution in [2.75, 3.05) is 11.9 Å². The van der Waals surface area contributed by atoms with E-state index < -0.39 is 0 Å². The number of carbonyl (C=O) groups is 1. The highest BCUT2D eigenvalue weighted by Crippen LogP contribution is 2.25. The highest BCUT2D eigenvalue weighted by molar-refractivity contribution is 9.09. The first kappa shape index (κ1) is 16.1. The van der Waals surface area contributed by atoms with E-state index in [1.165, 1.54) is 0 Å². The zero-order chi connectivity index (χ0) is 14.5. The molecule has 5 heteroatoms. The maximum Gasteiger partial charge on any atom is 0.227 e. The van der Waals surface area contributed by atoms with E-state index in [1.54, 1.807) is 12.1 Å². The molecule has 0 spiro atoms. The maximum atomic E-state index is 12.4. The number of hydrogen-bond donors (Lipinski definition) is 0. The molecule has 2 nitrogen and oxygen atoms in total. The Hall–Kier alpha value is -0.250. The second-order valence-electron chi connectivity index (χ2n) is 5.14. The molecule has 1 saturated heterocycles. The molecule has 110 valence electrons. The summed E-state index contributed by atoms with van der Waals surface area (Å²) in [6.07, 6.45) is 4.83. The summed E-state index contributed by atoms with van der Waals surface area (Å²) >= 11 is 15.3. The minimum atomic E-state index is 0.195. The fourth-order valence-electron chi connectivity index (χ4n) is 2.70. The van der Waals surface area contributed by atoms with Crippen LogP contribution in [0.1, 0.15) is 31.2 Å². The van der Waals surface area contributed by atoms with E-state index in [0.717, 1.165) is 43.1 Å². The molecule has 20 heavy (non-hydrogen) atoms. The summed E-state index contributed by atoms with van der Waals surface area (Å²) in [7, 11) is 0. The Balaban J connectivity index is 1.98. The van der Waals surface area contributed by atoms with Gasteiger partial charge in [0.25, 0.3) is 0 Å². The molecule has 0 bridgehead atoms. The van der Waals surface area contributed by atoms with Crippen LogP contribution in [0.3, 0.4) is 0 Å². The van der Waals surface area contributed by atoms with Gasteiger partial charge in [-0.15, -0.1) is 0 Å². The van der Waals surface area contributed by atoms with Crippen molar-refractivity contribution < 1.29 is 4.79 Å².